The Labute approximate surface area is 142 Å². The van der Waals surface area contributed by atoms with E-state index in [1.165, 1.54) is 0 Å². The van der Waals surface area contributed by atoms with E-state index in [9.17, 15) is 43.9 Å². The number of halogens is 10. The molecule has 0 amide bonds. The van der Waals surface area contributed by atoms with Crippen molar-refractivity contribution in [3.63, 3.8) is 0 Å². The van der Waals surface area contributed by atoms with Crippen molar-refractivity contribution in [3.8, 4) is 0 Å². The Morgan fingerprint density at radius 1 is 0.731 bits per heavy atom. The molecule has 26 heavy (non-hydrogen) atoms. The molecular weight excluding hydrogens is 382 g/mol. The summed E-state index contributed by atoms with van der Waals surface area (Å²) in [6.45, 7) is 2.96. The van der Waals surface area contributed by atoms with Crippen molar-refractivity contribution in [1.82, 2.24) is 0 Å². The van der Waals surface area contributed by atoms with Gasteiger partial charge in [-0.1, -0.05) is 19.6 Å². The number of alkyl halides is 10. The second kappa shape index (κ2) is 4.79. The average molecular weight is 398 g/mol. The quantitative estimate of drug-likeness (QED) is 0.405. The third kappa shape index (κ3) is 1.47. The summed E-state index contributed by atoms with van der Waals surface area (Å²) in [5, 5.41) is 0. The zero-order valence-corrected chi connectivity index (χ0v) is 13.8. The molecule has 0 aromatic carbocycles. The van der Waals surface area contributed by atoms with Gasteiger partial charge in [-0.25, -0.2) is 39.5 Å². The van der Waals surface area contributed by atoms with Gasteiger partial charge in [0.15, 0.2) is 5.41 Å². The van der Waals surface area contributed by atoms with E-state index in [2.05, 4.69) is 13.2 Å². The molecule has 0 spiro atoms. The van der Waals surface area contributed by atoms with Crippen LogP contribution in [-0.2, 0) is 0 Å². The van der Waals surface area contributed by atoms with Gasteiger partial charge in [-0.2, -0.15) is 0 Å². The first-order chi connectivity index (χ1) is 11.4. The summed E-state index contributed by atoms with van der Waals surface area (Å²) in [6, 6.07) is 0. The molecule has 2 fully saturated rings. The van der Waals surface area contributed by atoms with E-state index in [0.717, 1.165) is 0 Å². The van der Waals surface area contributed by atoms with E-state index in [-0.39, 0.29) is 6.08 Å². The third-order valence-corrected chi connectivity index (χ3v) is 6.27. The van der Waals surface area contributed by atoms with Crippen LogP contribution in [0, 0.1) is 16.2 Å². The minimum absolute atomic E-state index is 0.221. The predicted octanol–water partition coefficient (Wildman–Crippen LogP) is 5.99. The van der Waals surface area contributed by atoms with Crippen LogP contribution in [0.2, 0.25) is 0 Å². The van der Waals surface area contributed by atoms with E-state index in [4.69, 9.17) is 0 Å². The molecule has 0 radical (unpaired) electrons. The summed E-state index contributed by atoms with van der Waals surface area (Å²) >= 11 is 0. The molecular formula is C16H16F10. The number of hydrogen-bond acceptors (Lipinski definition) is 0. The van der Waals surface area contributed by atoms with Gasteiger partial charge in [0, 0.05) is 0 Å². The van der Waals surface area contributed by atoms with E-state index >= 15 is 0 Å². The van der Waals surface area contributed by atoms with Gasteiger partial charge in [0.2, 0.25) is 0 Å². The molecule has 150 valence electrons. The van der Waals surface area contributed by atoms with Gasteiger partial charge in [-0.05, 0) is 19.4 Å². The summed E-state index contributed by atoms with van der Waals surface area (Å²) < 4.78 is 147. The molecule has 2 saturated carbocycles. The van der Waals surface area contributed by atoms with Gasteiger partial charge in [0.1, 0.15) is 12.1 Å². The maximum atomic E-state index is 15.0. The van der Waals surface area contributed by atoms with Gasteiger partial charge in [-0.15, -0.1) is 6.58 Å². The number of fused-ring (bicyclic) bond motifs is 2. The van der Waals surface area contributed by atoms with Crippen LogP contribution in [0.4, 0.5) is 43.9 Å². The van der Waals surface area contributed by atoms with Crippen molar-refractivity contribution >= 4 is 0 Å². The largest absolute Gasteiger partial charge is 0.307 e. The Bertz CT molecular complexity index is 645. The lowest BCUT2D eigenvalue weighted by Gasteiger charge is -2.69. The van der Waals surface area contributed by atoms with Gasteiger partial charge >= 0.3 is 11.8 Å². The Hall–Kier alpha value is -1.22. The lowest BCUT2D eigenvalue weighted by molar-refractivity contribution is -0.485. The highest BCUT2D eigenvalue weighted by atomic mass is 19.3. The van der Waals surface area contributed by atoms with Crippen LogP contribution >= 0.6 is 0 Å². The van der Waals surface area contributed by atoms with E-state index in [0.29, 0.717) is 6.92 Å². The van der Waals surface area contributed by atoms with E-state index in [1.807, 2.05) is 0 Å². The summed E-state index contributed by atoms with van der Waals surface area (Å²) in [5.74, 6) is -22.4. The first kappa shape index (κ1) is 21.1. The maximum absolute atomic E-state index is 15.0. The summed E-state index contributed by atoms with van der Waals surface area (Å²) in [5.41, 5.74) is -17.8. The topological polar surface area (TPSA) is 0 Å². The third-order valence-electron chi connectivity index (χ3n) is 6.27. The molecule has 0 aromatic rings. The zero-order valence-electron chi connectivity index (χ0n) is 13.8. The molecule has 10 heteroatoms. The lowest BCUT2D eigenvalue weighted by Crippen LogP contribution is -2.88. The molecule has 4 atom stereocenters. The Morgan fingerprint density at radius 2 is 1.19 bits per heavy atom. The van der Waals surface area contributed by atoms with E-state index in [1.54, 1.807) is 0 Å². The average Bonchev–Trinajstić information content (AvgIpc) is 2.54. The second-order valence-electron chi connectivity index (χ2n) is 7.39. The highest BCUT2D eigenvalue weighted by Crippen LogP contribution is 2.82. The summed E-state index contributed by atoms with van der Waals surface area (Å²) in [4.78, 5) is 0. The van der Waals surface area contributed by atoms with Gasteiger partial charge in [0.05, 0.1) is 5.41 Å². The first-order valence-corrected chi connectivity index (χ1v) is 7.42. The van der Waals surface area contributed by atoms with Crippen LogP contribution in [0.1, 0.15) is 20.3 Å². The highest BCUT2D eigenvalue weighted by molar-refractivity contribution is 5.40. The lowest BCUT2D eigenvalue weighted by atomic mass is 9.40. The fourth-order valence-corrected chi connectivity index (χ4v) is 4.39. The normalized spacial score (nSPS) is 47.8. The van der Waals surface area contributed by atoms with Crippen molar-refractivity contribution in [2.45, 2.75) is 49.6 Å². The minimum Gasteiger partial charge on any atom is -0.250 e. The molecule has 0 N–H and O–H groups in total. The van der Waals surface area contributed by atoms with Crippen molar-refractivity contribution in [1.29, 1.82) is 0 Å². The SMILES string of the molecule is C=CC1(F)C(F)(F)C2(C=C)CC(C)(CF)C(F)(F)C(C)(C1(F)F)C2(F)F. The first-order valence-electron chi connectivity index (χ1n) is 7.42. The Morgan fingerprint density at radius 3 is 1.54 bits per heavy atom. The fourth-order valence-electron chi connectivity index (χ4n) is 4.39. The Balaban J connectivity index is 3.14. The van der Waals surface area contributed by atoms with Crippen molar-refractivity contribution in [2.75, 3.05) is 6.67 Å². The van der Waals surface area contributed by atoms with Gasteiger partial charge in [-0.3, -0.25) is 4.39 Å². The highest BCUT2D eigenvalue weighted by Gasteiger charge is 3.01. The molecule has 0 saturated heterocycles. The molecule has 2 rings (SSSR count). The van der Waals surface area contributed by atoms with Crippen molar-refractivity contribution in [3.05, 3.63) is 25.3 Å². The van der Waals surface area contributed by atoms with Gasteiger partial charge in [0.25, 0.3) is 17.5 Å². The smallest absolute Gasteiger partial charge is 0.250 e. The van der Waals surface area contributed by atoms with Crippen molar-refractivity contribution in [2.24, 2.45) is 16.2 Å². The fraction of sp³-hybridized carbons (Fsp3) is 0.750. The van der Waals surface area contributed by atoms with Crippen LogP contribution in [-0.4, -0.2) is 36.0 Å². The molecule has 2 bridgehead atoms. The molecule has 0 nitrogen and oxygen atoms in total. The summed E-state index contributed by atoms with van der Waals surface area (Å²) in [7, 11) is 0. The maximum Gasteiger partial charge on any atom is 0.307 e. The number of rotatable bonds is 3. The summed E-state index contributed by atoms with van der Waals surface area (Å²) in [6.07, 6.45) is -2.87. The van der Waals surface area contributed by atoms with Crippen LogP contribution in [0.5, 0.6) is 0 Å². The standard InChI is InChI=1S/C16H16F10/c1-5-11-7-9(3,8-17)13(19,20)10(4,14(11,21)22)15(23,24)12(18,6-2)16(11,25)26/h5-6H,1-2,7-8H2,3-4H3. The predicted molar refractivity (Wildman–Crippen MR) is 73.3 cm³/mol. The van der Waals surface area contributed by atoms with Crippen LogP contribution < -0.4 is 0 Å². The second-order valence-corrected chi connectivity index (χ2v) is 7.39. The zero-order chi connectivity index (χ0) is 20.8. The van der Waals surface area contributed by atoms with Crippen LogP contribution in [0.15, 0.2) is 25.3 Å². The van der Waals surface area contributed by atoms with Crippen molar-refractivity contribution < 1.29 is 43.9 Å². The molecule has 4 unspecified atom stereocenters. The number of allylic oxidation sites excluding steroid dienone is 2. The molecule has 0 heterocycles. The molecule has 0 aromatic heterocycles. The van der Waals surface area contributed by atoms with E-state index < -0.39 is 71.7 Å². The number of hydrogen-bond donors (Lipinski definition) is 0. The molecule has 2 aliphatic carbocycles. The molecule has 2 aliphatic rings. The minimum atomic E-state index is -6.00. The Kier molecular flexibility index (Phi) is 3.88. The molecule has 0 aliphatic heterocycles. The van der Waals surface area contributed by atoms with Crippen LogP contribution in [0.25, 0.3) is 0 Å². The van der Waals surface area contributed by atoms with Gasteiger partial charge < -0.3 is 0 Å². The van der Waals surface area contributed by atoms with Crippen LogP contribution in [0.3, 0.4) is 0 Å². The monoisotopic (exact) mass is 398 g/mol.